The molecule has 1 aliphatic rings. The molecule has 2 heterocycles. The first-order valence-corrected chi connectivity index (χ1v) is 7.81. The van der Waals surface area contributed by atoms with Crippen molar-refractivity contribution in [1.29, 1.82) is 0 Å². The van der Waals surface area contributed by atoms with E-state index in [2.05, 4.69) is 21.8 Å². The molecule has 0 bridgehead atoms. The Bertz CT molecular complexity index is 786. The molecule has 0 radical (unpaired) electrons. The first-order chi connectivity index (χ1) is 11.1. The molecular weight excluding hydrogens is 294 g/mol. The van der Waals surface area contributed by atoms with Crippen LogP contribution in [-0.2, 0) is 4.74 Å². The van der Waals surface area contributed by atoms with Gasteiger partial charge in [-0.1, -0.05) is 24.3 Å². The van der Waals surface area contributed by atoms with Crippen molar-refractivity contribution >= 4 is 0 Å². The molecule has 23 heavy (non-hydrogen) atoms. The lowest BCUT2D eigenvalue weighted by Crippen LogP contribution is -2.38. The normalized spacial score (nSPS) is 17.1. The van der Waals surface area contributed by atoms with Crippen LogP contribution in [0.1, 0.15) is 24.2 Å². The lowest BCUT2D eigenvalue weighted by molar-refractivity contribution is 0.0198. The van der Waals surface area contributed by atoms with Crippen LogP contribution in [0, 0.1) is 6.92 Å². The van der Waals surface area contributed by atoms with Gasteiger partial charge < -0.3 is 9.72 Å². The number of ether oxygens (including phenoxy) is 1. The molecular formula is C17H21N3O3. The summed E-state index contributed by atoms with van der Waals surface area (Å²) < 4.78 is 5.39. The summed E-state index contributed by atoms with van der Waals surface area (Å²) in [6.07, 6.45) is 0. The maximum absolute atomic E-state index is 12.0. The average molecular weight is 315 g/mol. The molecule has 3 rings (SSSR count). The summed E-state index contributed by atoms with van der Waals surface area (Å²) in [5.41, 5.74) is 2.25. The third kappa shape index (κ3) is 3.28. The minimum absolute atomic E-state index is 0.308. The van der Waals surface area contributed by atoms with Crippen LogP contribution < -0.4 is 11.2 Å². The molecule has 6 heteroatoms. The van der Waals surface area contributed by atoms with Gasteiger partial charge in [-0.2, -0.15) is 0 Å². The summed E-state index contributed by atoms with van der Waals surface area (Å²) in [5.74, 6) is 0. The zero-order chi connectivity index (χ0) is 16.4. The van der Waals surface area contributed by atoms with Gasteiger partial charge in [0.05, 0.1) is 18.8 Å². The van der Waals surface area contributed by atoms with Crippen molar-refractivity contribution in [2.75, 3.05) is 26.3 Å². The zero-order valence-corrected chi connectivity index (χ0v) is 13.4. The Kier molecular flexibility index (Phi) is 4.45. The molecule has 1 atom stereocenters. The minimum atomic E-state index is -0.478. The van der Waals surface area contributed by atoms with E-state index in [-0.39, 0.29) is 5.56 Å². The topological polar surface area (TPSA) is 78.2 Å². The molecule has 2 aromatic rings. The van der Waals surface area contributed by atoms with Crippen molar-refractivity contribution in [2.24, 2.45) is 0 Å². The minimum Gasteiger partial charge on any atom is -0.379 e. The van der Waals surface area contributed by atoms with Crippen LogP contribution in [0.25, 0.3) is 11.1 Å². The van der Waals surface area contributed by atoms with Gasteiger partial charge in [-0.25, -0.2) is 4.79 Å². The number of aromatic nitrogens is 2. The van der Waals surface area contributed by atoms with Gasteiger partial charge in [-0.15, -0.1) is 0 Å². The second kappa shape index (κ2) is 6.52. The predicted molar refractivity (Wildman–Crippen MR) is 88.7 cm³/mol. The van der Waals surface area contributed by atoms with Gasteiger partial charge in [0.25, 0.3) is 5.56 Å². The summed E-state index contributed by atoms with van der Waals surface area (Å²) in [6, 6.07) is 8.26. The molecule has 1 saturated heterocycles. The first-order valence-electron chi connectivity index (χ1n) is 7.81. The quantitative estimate of drug-likeness (QED) is 0.898. The largest absolute Gasteiger partial charge is 0.379 e. The Morgan fingerprint density at radius 1 is 1.09 bits per heavy atom. The van der Waals surface area contributed by atoms with Crippen LogP contribution in [0.5, 0.6) is 0 Å². The third-order valence-corrected chi connectivity index (χ3v) is 4.41. The average Bonchev–Trinajstić information content (AvgIpc) is 2.55. The van der Waals surface area contributed by atoms with Crippen molar-refractivity contribution in [1.82, 2.24) is 14.9 Å². The van der Waals surface area contributed by atoms with Gasteiger partial charge in [0.1, 0.15) is 0 Å². The summed E-state index contributed by atoms with van der Waals surface area (Å²) in [5, 5.41) is 0. The summed E-state index contributed by atoms with van der Waals surface area (Å²) in [7, 11) is 0. The fourth-order valence-corrected chi connectivity index (χ4v) is 3.05. The lowest BCUT2D eigenvalue weighted by atomic mass is 10.0. The summed E-state index contributed by atoms with van der Waals surface area (Å²) in [6.45, 7) is 7.32. The first kappa shape index (κ1) is 15.7. The Labute approximate surface area is 134 Å². The Balaban J connectivity index is 1.88. The Morgan fingerprint density at radius 3 is 2.35 bits per heavy atom. The number of hydrogen-bond donors (Lipinski definition) is 2. The van der Waals surface area contributed by atoms with Gasteiger partial charge in [0.2, 0.25) is 0 Å². The molecule has 1 aliphatic heterocycles. The fourth-order valence-electron chi connectivity index (χ4n) is 3.05. The highest BCUT2D eigenvalue weighted by Crippen LogP contribution is 2.24. The van der Waals surface area contributed by atoms with Crippen molar-refractivity contribution in [3.63, 3.8) is 0 Å². The van der Waals surface area contributed by atoms with E-state index >= 15 is 0 Å². The number of nitrogens with zero attached hydrogens (tertiary/aromatic N) is 1. The van der Waals surface area contributed by atoms with Gasteiger partial charge in [0, 0.05) is 24.8 Å². The molecule has 0 unspecified atom stereocenters. The van der Waals surface area contributed by atoms with Gasteiger partial charge >= 0.3 is 5.69 Å². The number of morpholine rings is 1. The number of H-pyrrole nitrogens is 2. The molecule has 0 saturated carbocycles. The van der Waals surface area contributed by atoms with Crippen molar-refractivity contribution in [2.45, 2.75) is 19.9 Å². The van der Waals surface area contributed by atoms with E-state index in [9.17, 15) is 9.59 Å². The highest BCUT2D eigenvalue weighted by atomic mass is 16.5. The summed E-state index contributed by atoms with van der Waals surface area (Å²) in [4.78, 5) is 30.6. The number of nitrogens with one attached hydrogen (secondary N) is 2. The van der Waals surface area contributed by atoms with E-state index in [4.69, 9.17) is 4.74 Å². The van der Waals surface area contributed by atoms with E-state index in [0.717, 1.165) is 31.9 Å². The SMILES string of the molecule is Cc1[nH]c(=O)[nH]c(=O)c1-c1ccc([C@@H](C)N2CCOCC2)cc1. The van der Waals surface area contributed by atoms with E-state index < -0.39 is 5.69 Å². The highest BCUT2D eigenvalue weighted by Gasteiger charge is 2.18. The second-order valence-corrected chi connectivity index (χ2v) is 5.85. The molecule has 0 spiro atoms. The molecule has 0 amide bonds. The van der Waals surface area contributed by atoms with Crippen LogP contribution in [0.15, 0.2) is 33.9 Å². The maximum atomic E-state index is 12.0. The molecule has 122 valence electrons. The van der Waals surface area contributed by atoms with Crippen LogP contribution in [0.2, 0.25) is 0 Å². The number of aryl methyl sites for hydroxylation is 1. The zero-order valence-electron chi connectivity index (χ0n) is 13.4. The number of rotatable bonds is 3. The van der Waals surface area contributed by atoms with Crippen molar-refractivity contribution < 1.29 is 4.74 Å². The number of hydrogen-bond acceptors (Lipinski definition) is 4. The van der Waals surface area contributed by atoms with Gasteiger partial charge in [-0.05, 0) is 25.0 Å². The van der Waals surface area contributed by atoms with Crippen LogP contribution in [0.4, 0.5) is 0 Å². The van der Waals surface area contributed by atoms with Crippen LogP contribution in [-0.4, -0.2) is 41.2 Å². The smallest absolute Gasteiger partial charge is 0.325 e. The van der Waals surface area contributed by atoms with Crippen molar-refractivity contribution in [3.05, 3.63) is 56.4 Å². The van der Waals surface area contributed by atoms with Gasteiger partial charge in [0.15, 0.2) is 0 Å². The Morgan fingerprint density at radius 2 is 1.74 bits per heavy atom. The number of benzene rings is 1. The van der Waals surface area contributed by atoms with Gasteiger partial charge in [-0.3, -0.25) is 14.7 Å². The Hall–Kier alpha value is -2.18. The van der Waals surface area contributed by atoms with Crippen LogP contribution in [0.3, 0.4) is 0 Å². The van der Waals surface area contributed by atoms with Crippen molar-refractivity contribution in [3.8, 4) is 11.1 Å². The molecule has 1 fully saturated rings. The molecule has 6 nitrogen and oxygen atoms in total. The van der Waals surface area contributed by atoms with E-state index in [1.165, 1.54) is 5.56 Å². The fraction of sp³-hybridized carbons (Fsp3) is 0.412. The maximum Gasteiger partial charge on any atom is 0.325 e. The lowest BCUT2D eigenvalue weighted by Gasteiger charge is -2.32. The standard InChI is InChI=1S/C17H21N3O3/c1-11-15(16(21)19-17(22)18-11)14-5-3-13(4-6-14)12(2)20-7-9-23-10-8-20/h3-6,12H,7-10H2,1-2H3,(H2,18,19,21,22)/t12-/m1/s1. The molecule has 1 aromatic carbocycles. The second-order valence-electron chi connectivity index (χ2n) is 5.85. The van der Waals surface area contributed by atoms with E-state index in [1.807, 2.05) is 24.3 Å². The monoisotopic (exact) mass is 315 g/mol. The molecule has 2 N–H and O–H groups in total. The molecule has 0 aliphatic carbocycles. The summed E-state index contributed by atoms with van der Waals surface area (Å²) >= 11 is 0. The van der Waals surface area contributed by atoms with E-state index in [1.54, 1.807) is 6.92 Å². The number of aromatic amines is 2. The van der Waals surface area contributed by atoms with Crippen LogP contribution >= 0.6 is 0 Å². The molecule has 1 aromatic heterocycles. The van der Waals surface area contributed by atoms with E-state index in [0.29, 0.717) is 17.3 Å². The highest BCUT2D eigenvalue weighted by molar-refractivity contribution is 5.64. The third-order valence-electron chi connectivity index (χ3n) is 4.41. The predicted octanol–water partition coefficient (Wildman–Crippen LogP) is 1.43.